The lowest BCUT2D eigenvalue weighted by Crippen LogP contribution is -1.84. The third-order valence-corrected chi connectivity index (χ3v) is 2.20. The van der Waals surface area contributed by atoms with Gasteiger partial charge in [0.2, 0.25) is 11.8 Å². The van der Waals surface area contributed by atoms with Crippen molar-refractivity contribution in [2.75, 3.05) is 0 Å². The zero-order valence-corrected chi connectivity index (χ0v) is 8.65. The Labute approximate surface area is 87.6 Å². The van der Waals surface area contributed by atoms with E-state index in [4.69, 9.17) is 4.42 Å². The Bertz CT molecular complexity index is 477. The zero-order valence-electron chi connectivity index (χ0n) is 8.65. The van der Waals surface area contributed by atoms with Crippen LogP contribution in [0.2, 0.25) is 0 Å². The molecule has 15 heavy (non-hydrogen) atoms. The summed E-state index contributed by atoms with van der Waals surface area (Å²) in [6.07, 6.45) is 0. The normalized spacial score (nSPS) is 10.6. The Balaban J connectivity index is 2.44. The predicted octanol–water partition coefficient (Wildman–Crippen LogP) is 2.28. The highest BCUT2D eigenvalue weighted by atomic mass is 16.4. The van der Waals surface area contributed by atoms with Crippen molar-refractivity contribution in [2.45, 2.75) is 20.5 Å². The van der Waals surface area contributed by atoms with E-state index in [-0.39, 0.29) is 5.89 Å². The first kappa shape index (κ1) is 9.86. The molecule has 0 aliphatic carbocycles. The average molecular weight is 203 g/mol. The molecule has 0 saturated heterocycles. The van der Waals surface area contributed by atoms with Gasteiger partial charge >= 0.3 is 0 Å². The van der Waals surface area contributed by atoms with Crippen molar-refractivity contribution in [3.63, 3.8) is 0 Å². The van der Waals surface area contributed by atoms with Crippen LogP contribution in [0.3, 0.4) is 0 Å². The Morgan fingerprint density at radius 3 is 2.67 bits per heavy atom. The van der Waals surface area contributed by atoms with Crippen molar-refractivity contribution >= 4 is 0 Å². The number of hydrogen-bond donors (Lipinski definition) is 0. The summed E-state index contributed by atoms with van der Waals surface area (Å²) in [7, 11) is 0. The highest BCUT2D eigenvalue weighted by Crippen LogP contribution is 2.22. The second-order valence-electron chi connectivity index (χ2n) is 3.46. The van der Waals surface area contributed by atoms with E-state index in [0.717, 1.165) is 11.1 Å². The Morgan fingerprint density at radius 1 is 1.27 bits per heavy atom. The van der Waals surface area contributed by atoms with E-state index in [1.54, 1.807) is 0 Å². The van der Waals surface area contributed by atoms with Crippen molar-refractivity contribution < 1.29 is 9.52 Å². The molecule has 0 spiro atoms. The van der Waals surface area contributed by atoms with Crippen LogP contribution in [0.5, 0.6) is 0 Å². The minimum Gasteiger partial charge on any atom is -0.418 e. The number of nitrogens with zero attached hydrogens (tertiary/aromatic N) is 2. The van der Waals surface area contributed by atoms with Gasteiger partial charge in [0.15, 0.2) is 6.61 Å². The van der Waals surface area contributed by atoms with Crippen molar-refractivity contribution in [2.24, 2.45) is 0 Å². The molecule has 1 radical (unpaired) electrons. The lowest BCUT2D eigenvalue weighted by atomic mass is 10.1. The lowest BCUT2D eigenvalue weighted by molar-refractivity contribution is 0.151. The molecule has 4 heteroatoms. The molecule has 0 amide bonds. The van der Waals surface area contributed by atoms with E-state index in [9.17, 15) is 5.11 Å². The molecule has 1 aromatic carbocycles. The summed E-state index contributed by atoms with van der Waals surface area (Å²) in [5.74, 6) is 0.545. The summed E-state index contributed by atoms with van der Waals surface area (Å²) in [4.78, 5) is 0. The monoisotopic (exact) mass is 203 g/mol. The third-order valence-electron chi connectivity index (χ3n) is 2.20. The van der Waals surface area contributed by atoms with E-state index in [0.29, 0.717) is 5.89 Å². The van der Waals surface area contributed by atoms with Crippen LogP contribution >= 0.6 is 0 Å². The van der Waals surface area contributed by atoms with E-state index in [2.05, 4.69) is 10.2 Å². The van der Waals surface area contributed by atoms with Crippen LogP contribution < -0.4 is 0 Å². The fraction of sp³-hybridized carbons (Fsp3) is 0.273. The predicted molar refractivity (Wildman–Crippen MR) is 53.6 cm³/mol. The van der Waals surface area contributed by atoms with Gasteiger partial charge in [-0.1, -0.05) is 17.7 Å². The van der Waals surface area contributed by atoms with E-state index in [1.807, 2.05) is 32.0 Å². The molecular formula is C11H11N2O2. The molecule has 0 fully saturated rings. The topological polar surface area (TPSA) is 58.8 Å². The minimum absolute atomic E-state index is 0.130. The van der Waals surface area contributed by atoms with Gasteiger partial charge in [0, 0.05) is 5.56 Å². The number of rotatable bonds is 2. The van der Waals surface area contributed by atoms with Gasteiger partial charge in [-0.3, -0.25) is 0 Å². The van der Waals surface area contributed by atoms with Gasteiger partial charge < -0.3 is 4.42 Å². The smallest absolute Gasteiger partial charge is 0.248 e. The van der Waals surface area contributed by atoms with Crippen LogP contribution in [0.25, 0.3) is 11.5 Å². The maximum absolute atomic E-state index is 10.5. The Kier molecular flexibility index (Phi) is 2.51. The Morgan fingerprint density at radius 2 is 2.07 bits per heavy atom. The van der Waals surface area contributed by atoms with Gasteiger partial charge in [0.05, 0.1) is 0 Å². The molecule has 0 bridgehead atoms. The fourth-order valence-electron chi connectivity index (χ4n) is 1.47. The second kappa shape index (κ2) is 3.82. The van der Waals surface area contributed by atoms with Gasteiger partial charge in [-0.2, -0.15) is 0 Å². The molecule has 1 heterocycles. The maximum atomic E-state index is 10.5. The van der Waals surface area contributed by atoms with Crippen LogP contribution in [0.1, 0.15) is 17.0 Å². The quantitative estimate of drug-likeness (QED) is 0.752. The average Bonchev–Trinajstić information content (AvgIpc) is 2.66. The second-order valence-corrected chi connectivity index (χ2v) is 3.46. The van der Waals surface area contributed by atoms with Gasteiger partial charge in [-0.15, -0.1) is 10.2 Å². The van der Waals surface area contributed by atoms with Crippen molar-refractivity contribution in [1.29, 1.82) is 0 Å². The molecule has 4 nitrogen and oxygen atoms in total. The summed E-state index contributed by atoms with van der Waals surface area (Å²) in [6.45, 7) is 3.52. The van der Waals surface area contributed by atoms with Gasteiger partial charge in [0.25, 0.3) is 0 Å². The number of aryl methyl sites for hydroxylation is 2. The van der Waals surface area contributed by atoms with Crippen molar-refractivity contribution in [3.05, 3.63) is 35.2 Å². The van der Waals surface area contributed by atoms with Crippen molar-refractivity contribution in [1.82, 2.24) is 10.2 Å². The summed E-state index contributed by atoms with van der Waals surface area (Å²) >= 11 is 0. The minimum atomic E-state index is -0.474. The molecule has 2 aromatic rings. The standard InChI is InChI=1S/C11H11N2O2/c1-7-3-4-9(8(2)5-7)11-13-12-10(6-14)15-11/h3-5H,6H2,1-2H3. The summed E-state index contributed by atoms with van der Waals surface area (Å²) in [5, 5.41) is 18.0. The summed E-state index contributed by atoms with van der Waals surface area (Å²) in [5.41, 5.74) is 3.13. The zero-order chi connectivity index (χ0) is 10.8. The molecule has 0 aliphatic heterocycles. The first-order valence-corrected chi connectivity index (χ1v) is 4.69. The SMILES string of the molecule is Cc1ccc(-c2nnc(C[O])o2)c(C)c1. The van der Waals surface area contributed by atoms with E-state index >= 15 is 0 Å². The third kappa shape index (κ3) is 1.89. The molecule has 0 atom stereocenters. The first-order valence-electron chi connectivity index (χ1n) is 4.69. The van der Waals surface area contributed by atoms with Gasteiger partial charge in [0.1, 0.15) is 0 Å². The summed E-state index contributed by atoms with van der Waals surface area (Å²) in [6, 6.07) is 5.94. The number of hydrogen-bond acceptors (Lipinski definition) is 3. The van der Waals surface area contributed by atoms with E-state index < -0.39 is 6.61 Å². The fourth-order valence-corrected chi connectivity index (χ4v) is 1.47. The molecule has 0 saturated carbocycles. The van der Waals surface area contributed by atoms with Crippen LogP contribution in [0.4, 0.5) is 0 Å². The molecule has 0 unspecified atom stereocenters. The largest absolute Gasteiger partial charge is 0.418 e. The molecule has 77 valence electrons. The molecule has 1 aromatic heterocycles. The lowest BCUT2D eigenvalue weighted by Gasteiger charge is -2.01. The first-order chi connectivity index (χ1) is 7.20. The van der Waals surface area contributed by atoms with Crippen LogP contribution in [0, 0.1) is 13.8 Å². The summed E-state index contributed by atoms with van der Waals surface area (Å²) < 4.78 is 5.20. The highest BCUT2D eigenvalue weighted by Gasteiger charge is 2.10. The van der Waals surface area contributed by atoms with Crippen LogP contribution in [0.15, 0.2) is 22.6 Å². The number of aromatic nitrogens is 2. The van der Waals surface area contributed by atoms with Crippen molar-refractivity contribution in [3.8, 4) is 11.5 Å². The maximum Gasteiger partial charge on any atom is 0.248 e. The number of benzene rings is 1. The van der Waals surface area contributed by atoms with Gasteiger partial charge in [-0.25, -0.2) is 5.11 Å². The Hall–Kier alpha value is -1.68. The van der Waals surface area contributed by atoms with E-state index in [1.165, 1.54) is 5.56 Å². The molecular weight excluding hydrogens is 192 g/mol. The molecule has 2 rings (SSSR count). The van der Waals surface area contributed by atoms with Crippen LogP contribution in [-0.2, 0) is 11.7 Å². The van der Waals surface area contributed by atoms with Gasteiger partial charge in [-0.05, 0) is 25.5 Å². The molecule has 0 aliphatic rings. The molecule has 0 N–H and O–H groups in total. The van der Waals surface area contributed by atoms with Crippen LogP contribution in [-0.4, -0.2) is 10.2 Å². The highest BCUT2D eigenvalue weighted by molar-refractivity contribution is 5.58.